The zero-order valence-electron chi connectivity index (χ0n) is 26.4. The molecular weight excluding hydrogens is 612 g/mol. The van der Waals surface area contributed by atoms with E-state index in [2.05, 4.69) is 4.98 Å². The number of aromatic nitrogens is 1. The minimum Gasteiger partial charge on any atom is -0.502 e. The van der Waals surface area contributed by atoms with Crippen molar-refractivity contribution in [3.63, 3.8) is 0 Å². The third-order valence-electron chi connectivity index (χ3n) is 10.1. The van der Waals surface area contributed by atoms with Crippen LogP contribution in [0.5, 0.6) is 17.2 Å². The number of hydrogen-bond acceptors (Lipinski definition) is 9. The number of Topliss-reactive ketones (excluding diaryl/α,β-unsaturated/α-hetero) is 1. The summed E-state index contributed by atoms with van der Waals surface area (Å²) < 4.78 is 16.8. The van der Waals surface area contributed by atoms with E-state index in [1.54, 1.807) is 43.3 Å². The number of aromatic hydroxyl groups is 1. The smallest absolute Gasteiger partial charge is 0.238 e. The molecule has 4 atom stereocenters. The second-order valence-electron chi connectivity index (χ2n) is 12.5. The Bertz CT molecular complexity index is 2130. The van der Waals surface area contributed by atoms with Gasteiger partial charge in [-0.2, -0.15) is 0 Å². The summed E-state index contributed by atoms with van der Waals surface area (Å²) in [7, 11) is 2.83. The lowest BCUT2D eigenvalue weighted by molar-refractivity contribution is -0.123. The zero-order valence-corrected chi connectivity index (χ0v) is 26.4. The highest BCUT2D eigenvalue weighted by atomic mass is 16.5. The number of phenolic OH excluding ortho intramolecular Hbond substituents is 1. The number of ether oxygens (including phenoxy) is 2. The Hall–Kier alpha value is -5.77. The number of hydrogen-bond donors (Lipinski definition) is 1. The van der Waals surface area contributed by atoms with Crippen LogP contribution in [0.1, 0.15) is 31.2 Å². The molecule has 1 fully saturated rings. The first-order valence-electron chi connectivity index (χ1n) is 15.7. The zero-order chi connectivity index (χ0) is 33.4. The molecule has 8 rings (SSSR count). The number of anilines is 1. The number of allylic oxidation sites excluding steroid dienone is 6. The van der Waals surface area contributed by atoms with Crippen LogP contribution in [-0.4, -0.2) is 47.7 Å². The van der Waals surface area contributed by atoms with Gasteiger partial charge in [-0.25, -0.2) is 4.98 Å². The molecule has 1 N–H and O–H groups in total. The number of carbonyl (C=O) groups excluding carboxylic acids is 4. The van der Waals surface area contributed by atoms with Gasteiger partial charge in [0.05, 0.1) is 31.7 Å². The molecule has 3 aliphatic carbocycles. The normalized spacial score (nSPS) is 23.5. The van der Waals surface area contributed by atoms with Gasteiger partial charge in [0.15, 0.2) is 28.6 Å². The number of para-hydroxylation sites is 2. The molecule has 1 aromatic heterocycles. The number of phenols is 1. The molecule has 1 aliphatic heterocycles. The van der Waals surface area contributed by atoms with Gasteiger partial charge >= 0.3 is 0 Å². The van der Waals surface area contributed by atoms with Crippen molar-refractivity contribution in [1.82, 2.24) is 4.98 Å². The molecule has 1 saturated heterocycles. The van der Waals surface area contributed by atoms with Crippen LogP contribution in [0.15, 0.2) is 99.5 Å². The quantitative estimate of drug-likeness (QED) is 0.161. The lowest BCUT2D eigenvalue weighted by atomic mass is 9.59. The van der Waals surface area contributed by atoms with Crippen LogP contribution in [0.3, 0.4) is 0 Å². The highest BCUT2D eigenvalue weighted by molar-refractivity contribution is 6.25. The number of oxazole rings is 1. The van der Waals surface area contributed by atoms with Gasteiger partial charge in [-0.1, -0.05) is 23.8 Å². The number of rotatable bonds is 5. The van der Waals surface area contributed by atoms with Crippen molar-refractivity contribution in [1.29, 1.82) is 0 Å². The van der Waals surface area contributed by atoms with Gasteiger partial charge in [0.1, 0.15) is 5.52 Å². The van der Waals surface area contributed by atoms with Crippen molar-refractivity contribution < 1.29 is 38.2 Å². The van der Waals surface area contributed by atoms with Crippen LogP contribution in [0.25, 0.3) is 22.6 Å². The third kappa shape index (κ3) is 4.28. The van der Waals surface area contributed by atoms with E-state index in [0.29, 0.717) is 51.4 Å². The summed E-state index contributed by atoms with van der Waals surface area (Å²) in [6.07, 6.45) is 3.74. The Labute approximate surface area is 275 Å². The van der Waals surface area contributed by atoms with Crippen LogP contribution < -0.4 is 14.4 Å². The van der Waals surface area contributed by atoms with Gasteiger partial charge in [-0.3, -0.25) is 24.1 Å². The number of carbonyl (C=O) groups is 4. The molecule has 0 saturated carbocycles. The lowest BCUT2D eigenvalue weighted by Crippen LogP contribution is -2.39. The molecular formula is C38H30N2O8. The highest BCUT2D eigenvalue weighted by Crippen LogP contribution is 2.56. The molecule has 4 aromatic rings. The van der Waals surface area contributed by atoms with E-state index in [0.717, 1.165) is 11.1 Å². The molecule has 240 valence electrons. The fourth-order valence-electron chi connectivity index (χ4n) is 7.82. The summed E-state index contributed by atoms with van der Waals surface area (Å²) in [6.45, 7) is 1.61. The molecule has 4 unspecified atom stereocenters. The van der Waals surface area contributed by atoms with Crippen molar-refractivity contribution in [3.05, 3.63) is 101 Å². The molecule has 0 bridgehead atoms. The van der Waals surface area contributed by atoms with E-state index in [4.69, 9.17) is 13.9 Å². The van der Waals surface area contributed by atoms with Crippen molar-refractivity contribution in [2.24, 2.45) is 17.8 Å². The second-order valence-corrected chi connectivity index (χ2v) is 12.5. The molecule has 3 aromatic carbocycles. The molecule has 2 amide bonds. The first kappa shape index (κ1) is 29.6. The largest absolute Gasteiger partial charge is 0.502 e. The molecule has 0 spiro atoms. The highest BCUT2D eigenvalue weighted by Gasteiger charge is 2.56. The van der Waals surface area contributed by atoms with Gasteiger partial charge in [-0.05, 0) is 85.9 Å². The first-order valence-corrected chi connectivity index (χ1v) is 15.7. The SMILES string of the molecule is COc1cc(C2C3=CCC4C(=O)N(c5ccc(-c6nc7ccccc7o6)cc5)C(=O)C4C3CC3=C2C(=O)C(C)=CC3=O)cc(OC)c1O. The fraction of sp³-hybridized carbons (Fsp3) is 0.237. The van der Waals surface area contributed by atoms with Crippen LogP contribution in [0.2, 0.25) is 0 Å². The van der Waals surface area contributed by atoms with Gasteiger partial charge in [-0.15, -0.1) is 0 Å². The number of fused-ring (bicyclic) bond motifs is 4. The van der Waals surface area contributed by atoms with Gasteiger partial charge in [0.25, 0.3) is 0 Å². The summed E-state index contributed by atoms with van der Waals surface area (Å²) in [6, 6.07) is 17.7. The van der Waals surface area contributed by atoms with Crippen LogP contribution in [0, 0.1) is 17.8 Å². The van der Waals surface area contributed by atoms with E-state index in [9.17, 15) is 24.3 Å². The van der Waals surface area contributed by atoms with Crippen LogP contribution in [-0.2, 0) is 19.2 Å². The van der Waals surface area contributed by atoms with Gasteiger partial charge < -0.3 is 19.0 Å². The molecule has 0 radical (unpaired) electrons. The maximum absolute atomic E-state index is 14.3. The topological polar surface area (TPSA) is 136 Å². The Morgan fingerprint density at radius 3 is 2.31 bits per heavy atom. The number of benzene rings is 3. The van der Waals surface area contributed by atoms with E-state index < -0.39 is 23.7 Å². The molecule has 10 heteroatoms. The summed E-state index contributed by atoms with van der Waals surface area (Å²) in [5.74, 6) is -3.25. The van der Waals surface area contributed by atoms with Crippen molar-refractivity contribution in [2.75, 3.05) is 19.1 Å². The van der Waals surface area contributed by atoms with E-state index in [1.807, 2.05) is 30.3 Å². The van der Waals surface area contributed by atoms with Crippen LogP contribution >= 0.6 is 0 Å². The van der Waals surface area contributed by atoms with E-state index in [1.165, 1.54) is 25.2 Å². The maximum atomic E-state index is 14.3. The fourth-order valence-corrected chi connectivity index (χ4v) is 7.82. The van der Waals surface area contributed by atoms with E-state index >= 15 is 0 Å². The lowest BCUT2D eigenvalue weighted by Gasteiger charge is -2.42. The number of methoxy groups -OCH3 is 2. The van der Waals surface area contributed by atoms with Crippen molar-refractivity contribution in [2.45, 2.75) is 25.7 Å². The predicted octanol–water partition coefficient (Wildman–Crippen LogP) is 5.85. The first-order chi connectivity index (χ1) is 23.2. The summed E-state index contributed by atoms with van der Waals surface area (Å²) >= 11 is 0. The standard InChI is InChI=1S/C38H30N2O8/c1-18-14-27(41)25-17-24-22(31(33(25)34(18)42)20-15-29(46-2)35(43)30(16-20)47-3)12-13-23-32(24)38(45)40(37(23)44)21-10-8-19(9-11-21)36-39-26-6-4-5-7-28(26)48-36/h4-12,14-16,23-24,31-32,43H,13,17H2,1-3H3. The minimum atomic E-state index is -0.735. The second kappa shape index (κ2) is 10.9. The Balaban J connectivity index is 1.18. The molecule has 2 heterocycles. The number of nitrogens with zero attached hydrogens (tertiary/aromatic N) is 2. The predicted molar refractivity (Wildman–Crippen MR) is 174 cm³/mol. The summed E-state index contributed by atoms with van der Waals surface area (Å²) in [5, 5.41) is 10.6. The number of ketones is 2. The van der Waals surface area contributed by atoms with E-state index in [-0.39, 0.29) is 47.1 Å². The molecule has 10 nitrogen and oxygen atoms in total. The Kier molecular flexibility index (Phi) is 6.73. The number of amides is 2. The molecule has 4 aliphatic rings. The summed E-state index contributed by atoms with van der Waals surface area (Å²) in [5.41, 5.74) is 4.89. The summed E-state index contributed by atoms with van der Waals surface area (Å²) in [4.78, 5) is 61.3. The maximum Gasteiger partial charge on any atom is 0.238 e. The number of imide groups is 1. The monoisotopic (exact) mass is 642 g/mol. The van der Waals surface area contributed by atoms with Gasteiger partial charge in [0, 0.05) is 28.2 Å². The van der Waals surface area contributed by atoms with Crippen molar-refractivity contribution in [3.8, 4) is 28.7 Å². The Morgan fingerprint density at radius 2 is 1.62 bits per heavy atom. The van der Waals surface area contributed by atoms with Crippen molar-refractivity contribution >= 4 is 40.2 Å². The average Bonchev–Trinajstić information content (AvgIpc) is 3.65. The van der Waals surface area contributed by atoms with Crippen LogP contribution in [0.4, 0.5) is 5.69 Å². The third-order valence-corrected chi connectivity index (χ3v) is 10.1. The minimum absolute atomic E-state index is 0.143. The Morgan fingerprint density at radius 1 is 0.917 bits per heavy atom. The van der Waals surface area contributed by atoms with Gasteiger partial charge in [0.2, 0.25) is 23.5 Å². The molecule has 48 heavy (non-hydrogen) atoms. The average molecular weight is 643 g/mol.